The van der Waals surface area contributed by atoms with E-state index in [0.29, 0.717) is 28.9 Å². The van der Waals surface area contributed by atoms with Gasteiger partial charge in [-0.05, 0) is 49.4 Å². The number of carbonyl (C=O) groups is 1. The van der Waals surface area contributed by atoms with E-state index < -0.39 is 5.91 Å². The van der Waals surface area contributed by atoms with Crippen LogP contribution in [-0.2, 0) is 4.74 Å². The fourth-order valence-electron chi connectivity index (χ4n) is 2.59. The summed E-state index contributed by atoms with van der Waals surface area (Å²) in [6.07, 6.45) is 0. The first kappa shape index (κ1) is 19.3. The third-order valence-corrected chi connectivity index (χ3v) is 3.89. The summed E-state index contributed by atoms with van der Waals surface area (Å²) in [5.74, 6) is -0.276. The number of H-pyrrole nitrogens is 1. The van der Waals surface area contributed by atoms with E-state index in [0.717, 1.165) is 0 Å². The molecule has 1 heterocycles. The predicted octanol–water partition coefficient (Wildman–Crippen LogP) is 2.64. The maximum Gasteiger partial charge on any atom is 0.280 e. The highest BCUT2D eigenvalue weighted by Gasteiger charge is 2.14. The number of carbonyl (C=O) groups excluding carboxylic acids is 1. The molecule has 2 aromatic carbocycles. The Hall–Kier alpha value is -3.46. The molecule has 1 amide bonds. The van der Waals surface area contributed by atoms with Crippen LogP contribution in [0.15, 0.2) is 47.5 Å². The van der Waals surface area contributed by atoms with Crippen LogP contribution >= 0.6 is 0 Å². The number of benzene rings is 2. The van der Waals surface area contributed by atoms with E-state index >= 15 is 0 Å². The Bertz CT molecular complexity index is 1000. The molecule has 9 heteroatoms. The third kappa shape index (κ3) is 4.63. The number of phenolic OH excluding ortho intramolecular Hbond substituents is 1. The van der Waals surface area contributed by atoms with E-state index in [1.807, 2.05) is 6.92 Å². The number of aromatic nitrogens is 2. The summed E-state index contributed by atoms with van der Waals surface area (Å²) in [6, 6.07) is 9.85. The molecule has 28 heavy (non-hydrogen) atoms. The van der Waals surface area contributed by atoms with E-state index in [4.69, 9.17) is 4.74 Å². The van der Waals surface area contributed by atoms with Gasteiger partial charge < -0.3 is 20.5 Å². The summed E-state index contributed by atoms with van der Waals surface area (Å²) in [7, 11) is 1.57. The van der Waals surface area contributed by atoms with Crippen molar-refractivity contribution < 1.29 is 19.0 Å². The van der Waals surface area contributed by atoms with Crippen LogP contribution in [0, 0.1) is 5.82 Å². The van der Waals surface area contributed by atoms with E-state index in [1.54, 1.807) is 13.2 Å². The molecule has 1 unspecified atom stereocenters. The number of fused-ring (bicyclic) bond motifs is 1. The molecule has 8 nitrogen and oxygen atoms in total. The minimum atomic E-state index is -0.509. The monoisotopic (exact) mass is 385 g/mol. The fourth-order valence-corrected chi connectivity index (χ4v) is 2.59. The summed E-state index contributed by atoms with van der Waals surface area (Å²) in [6.45, 7) is 2.25. The van der Waals surface area contributed by atoms with E-state index in [9.17, 15) is 14.3 Å². The first-order chi connectivity index (χ1) is 13.5. The normalized spacial score (nSPS) is 12.8. The molecule has 4 N–H and O–H groups in total. The van der Waals surface area contributed by atoms with Crippen LogP contribution in [0.5, 0.6) is 5.75 Å². The molecular weight excluding hydrogens is 365 g/mol. The van der Waals surface area contributed by atoms with Gasteiger partial charge in [0.2, 0.25) is 5.96 Å². The quantitative estimate of drug-likeness (QED) is 0.397. The molecule has 3 aromatic rings. The van der Waals surface area contributed by atoms with Gasteiger partial charge in [-0.3, -0.25) is 9.89 Å². The second-order valence-corrected chi connectivity index (χ2v) is 6.20. The Labute approximate surface area is 160 Å². The minimum Gasteiger partial charge on any atom is -0.508 e. The van der Waals surface area contributed by atoms with Crippen molar-refractivity contribution in [1.29, 1.82) is 0 Å². The third-order valence-electron chi connectivity index (χ3n) is 3.89. The van der Waals surface area contributed by atoms with Crippen molar-refractivity contribution in [2.45, 2.75) is 13.0 Å². The number of hydrogen-bond acceptors (Lipinski definition) is 4. The average molecular weight is 385 g/mol. The molecular formula is C19H20FN5O3. The highest BCUT2D eigenvalue weighted by atomic mass is 19.1. The summed E-state index contributed by atoms with van der Waals surface area (Å²) >= 11 is 0. The molecule has 146 valence electrons. The van der Waals surface area contributed by atoms with Gasteiger partial charge in [0.1, 0.15) is 11.6 Å². The SMILES string of the molecule is COCC(C)NC(=NC(=O)c1ccc(O)cc1)Nc1n[nH]c2cc(F)ccc12. The van der Waals surface area contributed by atoms with Crippen molar-refractivity contribution in [2.75, 3.05) is 19.0 Å². The second kappa shape index (κ2) is 8.49. The molecule has 0 saturated heterocycles. The van der Waals surface area contributed by atoms with Crippen LogP contribution < -0.4 is 10.6 Å². The molecule has 0 aliphatic rings. The number of nitrogens with zero attached hydrogens (tertiary/aromatic N) is 2. The van der Waals surface area contributed by atoms with Crippen LogP contribution in [0.25, 0.3) is 10.9 Å². The Morgan fingerprint density at radius 1 is 1.32 bits per heavy atom. The van der Waals surface area contributed by atoms with Gasteiger partial charge in [-0.25, -0.2) is 4.39 Å². The number of nitrogens with one attached hydrogen (secondary N) is 3. The number of rotatable bonds is 5. The van der Waals surface area contributed by atoms with Crippen LogP contribution in [0.3, 0.4) is 0 Å². The number of amides is 1. The number of methoxy groups -OCH3 is 1. The van der Waals surface area contributed by atoms with Gasteiger partial charge in [0.05, 0.1) is 12.1 Å². The molecule has 3 rings (SSSR count). The van der Waals surface area contributed by atoms with Gasteiger partial charge in [0, 0.05) is 24.1 Å². The summed E-state index contributed by atoms with van der Waals surface area (Å²) in [5, 5.41) is 22.9. The smallest absolute Gasteiger partial charge is 0.280 e. The largest absolute Gasteiger partial charge is 0.508 e. The zero-order valence-corrected chi connectivity index (χ0v) is 15.4. The lowest BCUT2D eigenvalue weighted by molar-refractivity contribution is 0.100. The van der Waals surface area contributed by atoms with Gasteiger partial charge in [-0.1, -0.05) is 0 Å². The summed E-state index contributed by atoms with van der Waals surface area (Å²) in [4.78, 5) is 16.6. The Kier molecular flexibility index (Phi) is 5.85. The first-order valence-electron chi connectivity index (χ1n) is 8.54. The van der Waals surface area contributed by atoms with Crippen molar-refractivity contribution in [2.24, 2.45) is 4.99 Å². The number of phenols is 1. The number of anilines is 1. The number of halogens is 1. The molecule has 0 aliphatic carbocycles. The molecule has 0 fully saturated rings. The topological polar surface area (TPSA) is 112 Å². The average Bonchev–Trinajstić information content (AvgIpc) is 3.04. The van der Waals surface area contributed by atoms with Crippen molar-refractivity contribution >= 4 is 28.6 Å². The highest BCUT2D eigenvalue weighted by Crippen LogP contribution is 2.21. The fraction of sp³-hybridized carbons (Fsp3) is 0.211. The van der Waals surface area contributed by atoms with Crippen molar-refractivity contribution in [3.8, 4) is 5.75 Å². The van der Waals surface area contributed by atoms with Gasteiger partial charge >= 0.3 is 0 Å². The molecule has 0 spiro atoms. The van der Waals surface area contributed by atoms with Crippen molar-refractivity contribution in [3.63, 3.8) is 0 Å². The Balaban J connectivity index is 1.89. The number of aromatic amines is 1. The van der Waals surface area contributed by atoms with Crippen LogP contribution in [-0.4, -0.2) is 46.9 Å². The standard InChI is InChI=1S/C19H20FN5O3/c1-11(10-28-2)21-19(23-18(27)12-3-6-14(26)7-4-12)22-17-15-8-5-13(20)9-16(15)24-25-17/h3-9,11,26H,10H2,1-2H3,(H3,21,22,23,24,25,27). The van der Waals surface area contributed by atoms with Gasteiger partial charge in [0.15, 0.2) is 5.82 Å². The van der Waals surface area contributed by atoms with E-state index in [1.165, 1.54) is 36.4 Å². The lowest BCUT2D eigenvalue weighted by atomic mass is 10.2. The van der Waals surface area contributed by atoms with Gasteiger partial charge in [-0.15, -0.1) is 0 Å². The maximum absolute atomic E-state index is 13.4. The summed E-state index contributed by atoms with van der Waals surface area (Å²) < 4.78 is 18.5. The molecule has 0 bridgehead atoms. The van der Waals surface area contributed by atoms with Crippen molar-refractivity contribution in [1.82, 2.24) is 15.5 Å². The highest BCUT2D eigenvalue weighted by molar-refractivity contribution is 6.08. The van der Waals surface area contributed by atoms with E-state index in [2.05, 4.69) is 25.8 Å². The van der Waals surface area contributed by atoms with Crippen LogP contribution in [0.2, 0.25) is 0 Å². The van der Waals surface area contributed by atoms with Crippen LogP contribution in [0.1, 0.15) is 17.3 Å². The Morgan fingerprint density at radius 3 is 2.79 bits per heavy atom. The molecule has 0 saturated carbocycles. The lowest BCUT2D eigenvalue weighted by Gasteiger charge is -2.16. The first-order valence-corrected chi connectivity index (χ1v) is 8.54. The summed E-state index contributed by atoms with van der Waals surface area (Å²) in [5.41, 5.74) is 0.823. The number of guanidine groups is 1. The zero-order valence-electron chi connectivity index (χ0n) is 15.4. The predicted molar refractivity (Wildman–Crippen MR) is 104 cm³/mol. The molecule has 0 aliphatic heterocycles. The van der Waals surface area contributed by atoms with Gasteiger partial charge in [0.25, 0.3) is 5.91 Å². The molecule has 0 radical (unpaired) electrons. The molecule has 1 aromatic heterocycles. The van der Waals surface area contributed by atoms with Gasteiger partial charge in [-0.2, -0.15) is 10.1 Å². The van der Waals surface area contributed by atoms with Crippen LogP contribution in [0.4, 0.5) is 10.2 Å². The van der Waals surface area contributed by atoms with Crippen molar-refractivity contribution in [3.05, 3.63) is 53.8 Å². The number of aliphatic imine (C=N–C) groups is 1. The molecule has 1 atom stereocenters. The number of ether oxygens (including phenoxy) is 1. The zero-order chi connectivity index (χ0) is 20.1. The van der Waals surface area contributed by atoms with E-state index in [-0.39, 0.29) is 23.6 Å². The minimum absolute atomic E-state index is 0.0564. The second-order valence-electron chi connectivity index (χ2n) is 6.20. The number of hydrogen-bond donors (Lipinski definition) is 4. The maximum atomic E-state index is 13.4. The number of aromatic hydroxyl groups is 1. The lowest BCUT2D eigenvalue weighted by Crippen LogP contribution is -2.40. The Morgan fingerprint density at radius 2 is 2.07 bits per heavy atom.